The highest BCUT2D eigenvalue weighted by atomic mass is 16.6. The first kappa shape index (κ1) is 25.6. The molecular formula is C26H35N5O6. The van der Waals surface area contributed by atoms with E-state index in [-0.39, 0.29) is 37.6 Å². The molecule has 0 aliphatic carbocycles. The number of amides is 2. The standard InChI is InChI=1S/C26H35N5O6/c1-4-36-24(35)20-19-23(34)30(12-8-5-9-13-32)21(26(19)14-16(2)25(20,3)37-26)22(33)27-15-31-18-11-7-6-10-17(18)28-29-31/h6-7,10-11,16,19-21,32H,4-5,8-9,12-15H2,1-3H3,(H,27,33)/t16?,19-,20+,21?,25-,26?/m0/s1. The number of hydrogen-bond acceptors (Lipinski definition) is 8. The number of fused-ring (bicyclic) bond motifs is 2. The zero-order valence-electron chi connectivity index (χ0n) is 21.6. The summed E-state index contributed by atoms with van der Waals surface area (Å²) in [6.07, 6.45) is 2.45. The molecule has 3 aliphatic rings. The van der Waals surface area contributed by atoms with Crippen LogP contribution in [0.4, 0.5) is 0 Å². The van der Waals surface area contributed by atoms with Crippen LogP contribution in [0.2, 0.25) is 0 Å². The van der Waals surface area contributed by atoms with Crippen molar-refractivity contribution in [2.24, 2.45) is 17.8 Å². The lowest BCUT2D eigenvalue weighted by molar-refractivity contribution is -0.161. The lowest BCUT2D eigenvalue weighted by Gasteiger charge is -2.35. The SMILES string of the molecule is CCOC(=O)[C@H]1[C@H]2C(=O)N(CCCCCO)C(C(=O)NCn3nnc4ccccc43)C23CC(C)[C@]1(C)O3. The molecule has 2 amide bonds. The molecule has 1 aromatic heterocycles. The first-order valence-electron chi connectivity index (χ1n) is 13.1. The molecule has 3 saturated heterocycles. The third-order valence-electron chi connectivity index (χ3n) is 8.48. The third-order valence-corrected chi connectivity index (χ3v) is 8.48. The minimum atomic E-state index is -1.12. The van der Waals surface area contributed by atoms with Gasteiger partial charge in [-0.05, 0) is 57.6 Å². The van der Waals surface area contributed by atoms with Gasteiger partial charge in [0.1, 0.15) is 29.7 Å². The molecule has 2 aromatic rings. The van der Waals surface area contributed by atoms with Gasteiger partial charge in [0.15, 0.2) is 0 Å². The molecule has 11 nitrogen and oxygen atoms in total. The van der Waals surface area contributed by atoms with Gasteiger partial charge in [0, 0.05) is 13.2 Å². The summed E-state index contributed by atoms with van der Waals surface area (Å²) in [7, 11) is 0. The van der Waals surface area contributed by atoms with Crippen molar-refractivity contribution in [2.45, 2.75) is 70.4 Å². The molecule has 6 atom stereocenters. The molecule has 5 rings (SSSR count). The number of nitrogens with one attached hydrogen (secondary N) is 1. The van der Waals surface area contributed by atoms with Crippen molar-refractivity contribution in [1.82, 2.24) is 25.2 Å². The molecule has 3 aliphatic heterocycles. The van der Waals surface area contributed by atoms with Crippen molar-refractivity contribution in [3.63, 3.8) is 0 Å². The molecule has 11 heteroatoms. The predicted octanol–water partition coefficient (Wildman–Crippen LogP) is 1.24. The van der Waals surface area contributed by atoms with Crippen molar-refractivity contribution in [2.75, 3.05) is 19.8 Å². The molecule has 3 fully saturated rings. The topological polar surface area (TPSA) is 136 Å². The maximum absolute atomic E-state index is 13.9. The number of esters is 1. The van der Waals surface area contributed by atoms with Gasteiger partial charge in [-0.3, -0.25) is 14.4 Å². The minimum Gasteiger partial charge on any atom is -0.466 e. The Labute approximate surface area is 215 Å². The first-order valence-corrected chi connectivity index (χ1v) is 13.1. The molecule has 37 heavy (non-hydrogen) atoms. The van der Waals surface area contributed by atoms with Crippen molar-refractivity contribution in [3.8, 4) is 0 Å². The van der Waals surface area contributed by atoms with Crippen LogP contribution >= 0.6 is 0 Å². The second-order valence-electron chi connectivity index (χ2n) is 10.5. The van der Waals surface area contributed by atoms with Gasteiger partial charge in [-0.2, -0.15) is 0 Å². The molecule has 4 heterocycles. The number of unbranched alkanes of at least 4 members (excludes halogenated alkanes) is 2. The van der Waals surface area contributed by atoms with Gasteiger partial charge in [-0.15, -0.1) is 5.10 Å². The van der Waals surface area contributed by atoms with Crippen LogP contribution in [0, 0.1) is 17.8 Å². The fourth-order valence-corrected chi connectivity index (χ4v) is 6.72. The number of carbonyl (C=O) groups is 3. The highest BCUT2D eigenvalue weighted by Crippen LogP contribution is 2.65. The summed E-state index contributed by atoms with van der Waals surface area (Å²) < 4.78 is 13.6. The number of carbonyl (C=O) groups excluding carboxylic acids is 3. The molecule has 1 aromatic carbocycles. The lowest BCUT2D eigenvalue weighted by Crippen LogP contribution is -2.55. The summed E-state index contributed by atoms with van der Waals surface area (Å²) in [5, 5.41) is 20.4. The summed E-state index contributed by atoms with van der Waals surface area (Å²) >= 11 is 0. The predicted molar refractivity (Wildman–Crippen MR) is 132 cm³/mol. The first-order chi connectivity index (χ1) is 17.8. The second kappa shape index (κ2) is 9.68. The summed E-state index contributed by atoms with van der Waals surface area (Å²) in [6.45, 7) is 6.29. The maximum atomic E-state index is 13.9. The molecule has 2 bridgehead atoms. The average Bonchev–Trinajstić information content (AvgIpc) is 3.54. The van der Waals surface area contributed by atoms with Crippen molar-refractivity contribution >= 4 is 28.8 Å². The van der Waals surface area contributed by atoms with Crippen molar-refractivity contribution in [1.29, 1.82) is 0 Å². The quantitative estimate of drug-likeness (QED) is 0.358. The van der Waals surface area contributed by atoms with Crippen molar-refractivity contribution in [3.05, 3.63) is 24.3 Å². The van der Waals surface area contributed by atoms with Gasteiger partial charge >= 0.3 is 5.97 Å². The smallest absolute Gasteiger partial charge is 0.312 e. The lowest BCUT2D eigenvalue weighted by atomic mass is 9.62. The monoisotopic (exact) mass is 513 g/mol. The summed E-state index contributed by atoms with van der Waals surface area (Å²) in [5.74, 6) is -2.65. The van der Waals surface area contributed by atoms with E-state index in [0.29, 0.717) is 37.7 Å². The molecular weight excluding hydrogens is 478 g/mol. The number of aliphatic hydroxyl groups is 1. The second-order valence-corrected chi connectivity index (χ2v) is 10.5. The van der Waals surface area contributed by atoms with E-state index in [4.69, 9.17) is 9.47 Å². The molecule has 200 valence electrons. The number of benzene rings is 1. The number of para-hydroxylation sites is 1. The van der Waals surface area contributed by atoms with E-state index in [1.165, 1.54) is 0 Å². The van der Waals surface area contributed by atoms with Gasteiger partial charge in [-0.1, -0.05) is 24.3 Å². The van der Waals surface area contributed by atoms with Crippen LogP contribution in [-0.2, 0) is 30.5 Å². The fourth-order valence-electron chi connectivity index (χ4n) is 6.72. The Bertz CT molecular complexity index is 1200. The number of likely N-dealkylation sites (tertiary alicyclic amines) is 1. The zero-order chi connectivity index (χ0) is 26.4. The minimum absolute atomic E-state index is 0.0464. The number of hydrogen-bond donors (Lipinski definition) is 2. The summed E-state index contributed by atoms with van der Waals surface area (Å²) in [5.41, 5.74) is -0.512. The Hall–Kier alpha value is -3.05. The summed E-state index contributed by atoms with van der Waals surface area (Å²) in [4.78, 5) is 42.5. The Morgan fingerprint density at radius 3 is 2.81 bits per heavy atom. The van der Waals surface area contributed by atoms with E-state index in [9.17, 15) is 19.5 Å². The number of nitrogens with zero attached hydrogens (tertiary/aromatic N) is 4. The van der Waals surface area contributed by atoms with Gasteiger partial charge in [0.2, 0.25) is 11.8 Å². The van der Waals surface area contributed by atoms with Crippen LogP contribution in [-0.4, -0.2) is 79.8 Å². The number of aliphatic hydroxyl groups excluding tert-OH is 1. The Kier molecular flexibility index (Phi) is 6.70. The molecule has 2 N–H and O–H groups in total. The normalized spacial score (nSPS) is 32.2. The van der Waals surface area contributed by atoms with E-state index in [2.05, 4.69) is 15.6 Å². The van der Waals surface area contributed by atoms with Gasteiger partial charge in [-0.25, -0.2) is 4.68 Å². The van der Waals surface area contributed by atoms with Crippen LogP contribution < -0.4 is 5.32 Å². The van der Waals surface area contributed by atoms with E-state index < -0.39 is 35.0 Å². The number of rotatable bonds is 10. The van der Waals surface area contributed by atoms with Crippen LogP contribution in [0.3, 0.4) is 0 Å². The van der Waals surface area contributed by atoms with Crippen LogP contribution in [0.1, 0.15) is 46.5 Å². The Morgan fingerprint density at radius 2 is 2.05 bits per heavy atom. The third kappa shape index (κ3) is 3.90. The van der Waals surface area contributed by atoms with Crippen LogP contribution in [0.25, 0.3) is 11.0 Å². The van der Waals surface area contributed by atoms with E-state index >= 15 is 0 Å². The Morgan fingerprint density at radius 1 is 1.27 bits per heavy atom. The largest absolute Gasteiger partial charge is 0.466 e. The van der Waals surface area contributed by atoms with E-state index in [1.807, 2.05) is 38.1 Å². The zero-order valence-corrected chi connectivity index (χ0v) is 21.6. The highest BCUT2D eigenvalue weighted by molar-refractivity contribution is 5.98. The number of ether oxygens (including phenoxy) is 2. The van der Waals surface area contributed by atoms with Gasteiger partial charge in [0.25, 0.3) is 0 Å². The van der Waals surface area contributed by atoms with Crippen LogP contribution in [0.5, 0.6) is 0 Å². The van der Waals surface area contributed by atoms with Crippen molar-refractivity contribution < 1.29 is 29.0 Å². The molecule has 0 saturated carbocycles. The van der Waals surface area contributed by atoms with Crippen LogP contribution in [0.15, 0.2) is 24.3 Å². The Balaban J connectivity index is 1.46. The maximum Gasteiger partial charge on any atom is 0.312 e. The highest BCUT2D eigenvalue weighted by Gasteiger charge is 2.80. The van der Waals surface area contributed by atoms with Gasteiger partial charge in [0.05, 0.1) is 23.6 Å². The average molecular weight is 514 g/mol. The molecule has 1 spiro atoms. The van der Waals surface area contributed by atoms with E-state index in [0.717, 1.165) is 5.52 Å². The van der Waals surface area contributed by atoms with E-state index in [1.54, 1.807) is 16.5 Å². The fraction of sp³-hybridized carbons (Fsp3) is 0.654. The summed E-state index contributed by atoms with van der Waals surface area (Å²) in [6, 6.07) is 6.57. The number of aromatic nitrogens is 3. The molecule has 3 unspecified atom stereocenters. The van der Waals surface area contributed by atoms with Gasteiger partial charge < -0.3 is 24.8 Å². The molecule has 0 radical (unpaired) electrons.